The van der Waals surface area contributed by atoms with E-state index in [4.69, 9.17) is 16.9 Å². The second-order valence-electron chi connectivity index (χ2n) is 3.30. The van der Waals surface area contributed by atoms with Crippen LogP contribution in [0, 0.1) is 11.3 Å². The lowest BCUT2D eigenvalue weighted by molar-refractivity contribution is 0.262. The van der Waals surface area contributed by atoms with E-state index in [1.165, 1.54) is 0 Å². The maximum atomic E-state index is 9.16. The van der Waals surface area contributed by atoms with Crippen molar-refractivity contribution in [3.63, 3.8) is 0 Å². The highest BCUT2D eigenvalue weighted by Crippen LogP contribution is 2.21. The summed E-state index contributed by atoms with van der Waals surface area (Å²) in [6.07, 6.45) is 0. The van der Waals surface area contributed by atoms with Crippen molar-refractivity contribution >= 4 is 11.6 Å². The van der Waals surface area contributed by atoms with Crippen molar-refractivity contribution in [2.75, 3.05) is 13.1 Å². The van der Waals surface area contributed by atoms with Gasteiger partial charge in [-0.3, -0.25) is 4.90 Å². The molecule has 0 aliphatic carbocycles. The van der Waals surface area contributed by atoms with Gasteiger partial charge in [0.2, 0.25) is 0 Å². The number of halogens is 1. The molecule has 0 N–H and O–H groups in total. The Morgan fingerprint density at radius 2 is 1.80 bits per heavy atom. The van der Waals surface area contributed by atoms with Crippen LogP contribution in [0.2, 0.25) is 5.02 Å². The Balaban J connectivity index is 2.92. The molecule has 0 heterocycles. The third-order valence-electron chi connectivity index (χ3n) is 2.49. The van der Waals surface area contributed by atoms with Crippen LogP contribution >= 0.6 is 11.6 Å². The Bertz CT molecular complexity index is 336. The lowest BCUT2D eigenvalue weighted by Crippen LogP contribution is -2.27. The molecule has 0 amide bonds. The molecule has 80 valence electrons. The summed E-state index contributed by atoms with van der Waals surface area (Å²) < 4.78 is 0. The van der Waals surface area contributed by atoms with Crippen LogP contribution in [0.4, 0.5) is 0 Å². The van der Waals surface area contributed by atoms with Gasteiger partial charge >= 0.3 is 0 Å². The van der Waals surface area contributed by atoms with E-state index in [1.807, 2.05) is 24.3 Å². The summed E-state index contributed by atoms with van der Waals surface area (Å²) >= 11 is 5.81. The average molecular weight is 223 g/mol. The van der Waals surface area contributed by atoms with Crippen LogP contribution < -0.4 is 0 Å². The summed E-state index contributed by atoms with van der Waals surface area (Å²) in [7, 11) is 0. The van der Waals surface area contributed by atoms with Crippen LogP contribution in [0.5, 0.6) is 0 Å². The first-order valence-electron chi connectivity index (χ1n) is 5.12. The van der Waals surface area contributed by atoms with Crippen LogP contribution in [0.1, 0.15) is 25.5 Å². The first-order valence-corrected chi connectivity index (χ1v) is 5.49. The Morgan fingerprint density at radius 3 is 2.20 bits per heavy atom. The zero-order valence-corrected chi connectivity index (χ0v) is 9.83. The minimum atomic E-state index is -0.169. The third-order valence-corrected chi connectivity index (χ3v) is 2.74. The van der Waals surface area contributed by atoms with Crippen molar-refractivity contribution in [1.82, 2.24) is 4.90 Å². The Kier molecular flexibility index (Phi) is 4.61. The molecule has 1 unspecified atom stereocenters. The lowest BCUT2D eigenvalue weighted by Gasteiger charge is -2.24. The normalized spacial score (nSPS) is 12.5. The van der Waals surface area contributed by atoms with Crippen molar-refractivity contribution in [3.05, 3.63) is 34.9 Å². The van der Waals surface area contributed by atoms with E-state index in [0.29, 0.717) is 5.02 Å². The van der Waals surface area contributed by atoms with Crippen molar-refractivity contribution in [1.29, 1.82) is 5.26 Å². The molecule has 0 spiro atoms. The van der Waals surface area contributed by atoms with Crippen LogP contribution in [-0.4, -0.2) is 18.0 Å². The maximum Gasteiger partial charge on any atom is 0.123 e. The van der Waals surface area contributed by atoms with Gasteiger partial charge in [0.1, 0.15) is 6.04 Å². The van der Waals surface area contributed by atoms with Gasteiger partial charge in [-0.05, 0) is 30.8 Å². The largest absolute Gasteiger partial charge is 0.285 e. The molecule has 3 heteroatoms. The van der Waals surface area contributed by atoms with E-state index in [9.17, 15) is 0 Å². The highest BCUT2D eigenvalue weighted by Gasteiger charge is 2.16. The summed E-state index contributed by atoms with van der Waals surface area (Å²) in [6.45, 7) is 5.86. The van der Waals surface area contributed by atoms with Gasteiger partial charge in [-0.15, -0.1) is 0 Å². The molecule has 1 aromatic carbocycles. The number of hydrogen-bond acceptors (Lipinski definition) is 2. The van der Waals surface area contributed by atoms with Crippen molar-refractivity contribution in [2.24, 2.45) is 0 Å². The quantitative estimate of drug-likeness (QED) is 0.782. The van der Waals surface area contributed by atoms with Crippen LogP contribution in [-0.2, 0) is 0 Å². The van der Waals surface area contributed by atoms with E-state index in [0.717, 1.165) is 18.7 Å². The van der Waals surface area contributed by atoms with Crippen LogP contribution in [0.3, 0.4) is 0 Å². The zero-order chi connectivity index (χ0) is 11.3. The average Bonchev–Trinajstić information content (AvgIpc) is 2.27. The molecular weight excluding hydrogens is 208 g/mol. The Labute approximate surface area is 96.1 Å². The van der Waals surface area contributed by atoms with Gasteiger partial charge in [0.25, 0.3) is 0 Å². The molecule has 0 radical (unpaired) electrons. The zero-order valence-electron chi connectivity index (χ0n) is 9.07. The van der Waals surface area contributed by atoms with Crippen molar-refractivity contribution < 1.29 is 0 Å². The fourth-order valence-electron chi connectivity index (χ4n) is 1.60. The standard InChI is InChI=1S/C12H15ClN2/c1-3-15(4-2)12(9-14)10-5-7-11(13)8-6-10/h5-8,12H,3-4H2,1-2H3. The molecule has 0 aliphatic heterocycles. The molecule has 1 atom stereocenters. The molecule has 15 heavy (non-hydrogen) atoms. The highest BCUT2D eigenvalue weighted by atomic mass is 35.5. The first kappa shape index (κ1) is 12.0. The molecule has 0 saturated heterocycles. The predicted octanol–water partition coefficient (Wildman–Crippen LogP) is 3.25. The topological polar surface area (TPSA) is 27.0 Å². The van der Waals surface area contributed by atoms with Gasteiger partial charge in [0.05, 0.1) is 6.07 Å². The maximum absolute atomic E-state index is 9.16. The van der Waals surface area contributed by atoms with E-state index >= 15 is 0 Å². The number of benzene rings is 1. The van der Waals surface area contributed by atoms with Crippen molar-refractivity contribution in [2.45, 2.75) is 19.9 Å². The number of rotatable bonds is 4. The summed E-state index contributed by atoms with van der Waals surface area (Å²) in [5.41, 5.74) is 1.01. The summed E-state index contributed by atoms with van der Waals surface area (Å²) in [5, 5.41) is 9.86. The second kappa shape index (κ2) is 5.75. The monoisotopic (exact) mass is 222 g/mol. The molecule has 2 nitrogen and oxygen atoms in total. The minimum absolute atomic E-state index is 0.169. The van der Waals surface area contributed by atoms with E-state index in [-0.39, 0.29) is 6.04 Å². The van der Waals surface area contributed by atoms with Gasteiger partial charge in [-0.2, -0.15) is 5.26 Å². The van der Waals surface area contributed by atoms with Gasteiger partial charge in [-0.25, -0.2) is 0 Å². The molecule has 0 saturated carbocycles. The molecular formula is C12H15ClN2. The highest BCUT2D eigenvalue weighted by molar-refractivity contribution is 6.30. The molecule has 0 aliphatic rings. The van der Waals surface area contributed by atoms with Crippen LogP contribution in [0.15, 0.2) is 24.3 Å². The van der Waals surface area contributed by atoms with Gasteiger partial charge in [-0.1, -0.05) is 37.6 Å². The summed E-state index contributed by atoms with van der Waals surface area (Å²) in [6, 6.07) is 9.62. The lowest BCUT2D eigenvalue weighted by atomic mass is 10.1. The van der Waals surface area contributed by atoms with Crippen molar-refractivity contribution in [3.8, 4) is 6.07 Å². The van der Waals surface area contributed by atoms with E-state index in [1.54, 1.807) is 0 Å². The number of nitrogens with zero attached hydrogens (tertiary/aromatic N) is 2. The smallest absolute Gasteiger partial charge is 0.123 e. The van der Waals surface area contributed by atoms with Gasteiger partial charge in [0.15, 0.2) is 0 Å². The second-order valence-corrected chi connectivity index (χ2v) is 3.74. The van der Waals surface area contributed by atoms with E-state index in [2.05, 4.69) is 24.8 Å². The first-order chi connectivity index (χ1) is 7.22. The van der Waals surface area contributed by atoms with Gasteiger partial charge < -0.3 is 0 Å². The molecule has 0 bridgehead atoms. The Morgan fingerprint density at radius 1 is 1.27 bits per heavy atom. The van der Waals surface area contributed by atoms with E-state index < -0.39 is 0 Å². The molecule has 0 fully saturated rings. The fraction of sp³-hybridized carbons (Fsp3) is 0.417. The predicted molar refractivity (Wildman–Crippen MR) is 62.7 cm³/mol. The molecule has 1 aromatic rings. The number of hydrogen-bond donors (Lipinski definition) is 0. The summed E-state index contributed by atoms with van der Waals surface area (Å²) in [5.74, 6) is 0. The summed E-state index contributed by atoms with van der Waals surface area (Å²) in [4.78, 5) is 2.11. The SMILES string of the molecule is CCN(CC)C(C#N)c1ccc(Cl)cc1. The number of nitriles is 1. The third kappa shape index (κ3) is 2.95. The fourth-order valence-corrected chi connectivity index (χ4v) is 1.73. The molecule has 0 aromatic heterocycles. The van der Waals surface area contributed by atoms with Crippen LogP contribution in [0.25, 0.3) is 0 Å². The molecule has 1 rings (SSSR count). The Hall–Kier alpha value is -1.04. The minimum Gasteiger partial charge on any atom is -0.285 e. The van der Waals surface area contributed by atoms with Gasteiger partial charge in [0, 0.05) is 5.02 Å².